The molecule has 1 N–H and O–H groups in total. The summed E-state index contributed by atoms with van der Waals surface area (Å²) in [7, 11) is -3.57. The Morgan fingerprint density at radius 3 is 2.59 bits per heavy atom. The van der Waals surface area contributed by atoms with E-state index in [4.69, 9.17) is 4.74 Å². The van der Waals surface area contributed by atoms with Crippen LogP contribution in [0.3, 0.4) is 0 Å². The maximum absolute atomic E-state index is 12.8. The fourth-order valence-electron chi connectivity index (χ4n) is 4.52. The zero-order valence-electron chi connectivity index (χ0n) is 17.9. The van der Waals surface area contributed by atoms with Crippen molar-refractivity contribution in [2.24, 2.45) is 5.41 Å². The molecule has 1 saturated heterocycles. The Labute approximate surface area is 174 Å². The van der Waals surface area contributed by atoms with Gasteiger partial charge in [0.05, 0.1) is 11.3 Å². The van der Waals surface area contributed by atoms with E-state index in [2.05, 4.69) is 47.9 Å². The van der Waals surface area contributed by atoms with Crippen molar-refractivity contribution >= 4 is 10.0 Å². The summed E-state index contributed by atoms with van der Waals surface area (Å²) < 4.78 is 36.1. The zero-order valence-corrected chi connectivity index (χ0v) is 18.8. The summed E-state index contributed by atoms with van der Waals surface area (Å²) in [5.41, 5.74) is 1.62. The van der Waals surface area contributed by atoms with Gasteiger partial charge in [-0.2, -0.15) is 5.10 Å². The molecule has 1 aliphatic heterocycles. The Balaban J connectivity index is 1.74. The van der Waals surface area contributed by atoms with Gasteiger partial charge in [0.15, 0.2) is 0 Å². The highest BCUT2D eigenvalue weighted by molar-refractivity contribution is 7.89. The third-order valence-corrected chi connectivity index (χ3v) is 7.37. The van der Waals surface area contributed by atoms with Gasteiger partial charge in [-0.1, -0.05) is 30.3 Å². The number of hydrogen-bond acceptors (Lipinski definition) is 4. The third-order valence-electron chi connectivity index (χ3n) is 5.81. The van der Waals surface area contributed by atoms with Crippen LogP contribution in [-0.4, -0.2) is 37.0 Å². The van der Waals surface area contributed by atoms with Gasteiger partial charge in [0, 0.05) is 25.9 Å². The number of hydrogen-bond donors (Lipinski definition) is 1. The minimum Gasteiger partial charge on any atom is -0.376 e. The molecular weight excluding hydrogens is 386 g/mol. The van der Waals surface area contributed by atoms with Crippen molar-refractivity contribution in [2.75, 3.05) is 13.2 Å². The smallest absolute Gasteiger partial charge is 0.243 e. The molecule has 1 atom stereocenters. The number of sulfonamides is 1. The number of aryl methyl sites for hydroxylation is 2. The van der Waals surface area contributed by atoms with Crippen molar-refractivity contribution in [2.45, 2.75) is 70.4 Å². The number of benzene rings is 1. The van der Waals surface area contributed by atoms with Gasteiger partial charge in [-0.15, -0.1) is 0 Å². The molecule has 1 aliphatic rings. The van der Waals surface area contributed by atoms with E-state index in [9.17, 15) is 8.42 Å². The normalized spacial score (nSPS) is 21.9. The highest BCUT2D eigenvalue weighted by Gasteiger charge is 2.40. The Kier molecular flexibility index (Phi) is 6.51. The van der Waals surface area contributed by atoms with Crippen LogP contribution in [0.2, 0.25) is 0 Å². The second kappa shape index (κ2) is 8.58. The minimum absolute atomic E-state index is 0.00820. The first-order valence-electron chi connectivity index (χ1n) is 10.4. The highest BCUT2D eigenvalue weighted by Crippen LogP contribution is 2.43. The van der Waals surface area contributed by atoms with Crippen LogP contribution in [0.25, 0.3) is 0 Å². The van der Waals surface area contributed by atoms with Crippen molar-refractivity contribution in [1.82, 2.24) is 14.5 Å². The van der Waals surface area contributed by atoms with Gasteiger partial charge in [0.2, 0.25) is 10.0 Å². The lowest BCUT2D eigenvalue weighted by Gasteiger charge is -2.45. The molecule has 0 bridgehead atoms. The molecular formula is C22H33N3O3S. The lowest BCUT2D eigenvalue weighted by Crippen LogP contribution is -2.44. The largest absolute Gasteiger partial charge is 0.376 e. The average Bonchev–Trinajstić information content (AvgIpc) is 3.03. The van der Waals surface area contributed by atoms with Gasteiger partial charge >= 0.3 is 0 Å². The van der Waals surface area contributed by atoms with Crippen molar-refractivity contribution in [3.63, 3.8) is 0 Å². The van der Waals surface area contributed by atoms with E-state index in [0.717, 1.165) is 25.7 Å². The summed E-state index contributed by atoms with van der Waals surface area (Å²) >= 11 is 0. The minimum atomic E-state index is -3.57. The lowest BCUT2D eigenvalue weighted by molar-refractivity contribution is -0.106. The van der Waals surface area contributed by atoms with E-state index in [1.54, 1.807) is 17.8 Å². The monoisotopic (exact) mass is 419 g/mol. The summed E-state index contributed by atoms with van der Waals surface area (Å²) in [4.78, 5) is 0.267. The Morgan fingerprint density at radius 1 is 1.24 bits per heavy atom. The Hall–Kier alpha value is -1.70. The molecule has 160 valence electrons. The predicted molar refractivity (Wildman–Crippen MR) is 114 cm³/mol. The van der Waals surface area contributed by atoms with Gasteiger partial charge < -0.3 is 4.74 Å². The third kappa shape index (κ3) is 5.47. The summed E-state index contributed by atoms with van der Waals surface area (Å²) in [6.45, 7) is 9.68. The topological polar surface area (TPSA) is 73.2 Å². The molecule has 0 amide bonds. The molecule has 3 rings (SSSR count). The van der Waals surface area contributed by atoms with Crippen LogP contribution >= 0.6 is 0 Å². The fourth-order valence-corrected chi connectivity index (χ4v) is 5.74. The first-order valence-corrected chi connectivity index (χ1v) is 11.8. The second-order valence-corrected chi connectivity index (χ2v) is 10.5. The molecule has 1 aromatic carbocycles. The first kappa shape index (κ1) is 22.0. The van der Waals surface area contributed by atoms with E-state index in [0.29, 0.717) is 25.4 Å². The molecule has 0 aliphatic carbocycles. The van der Waals surface area contributed by atoms with Crippen LogP contribution in [0.5, 0.6) is 0 Å². The summed E-state index contributed by atoms with van der Waals surface area (Å²) in [5.74, 6) is 0. The van der Waals surface area contributed by atoms with E-state index in [-0.39, 0.29) is 15.9 Å². The molecule has 0 saturated carbocycles. The van der Waals surface area contributed by atoms with Gasteiger partial charge in [-0.25, -0.2) is 13.1 Å². The van der Waals surface area contributed by atoms with Gasteiger partial charge in [-0.05, 0) is 64.4 Å². The highest BCUT2D eigenvalue weighted by atomic mass is 32.2. The number of nitrogens with zero attached hydrogens (tertiary/aromatic N) is 2. The average molecular weight is 420 g/mol. The molecule has 0 spiro atoms. The maximum Gasteiger partial charge on any atom is 0.243 e. The van der Waals surface area contributed by atoms with Crippen molar-refractivity contribution in [3.8, 4) is 0 Å². The summed E-state index contributed by atoms with van der Waals surface area (Å²) in [6.07, 6.45) is 5.14. The first-order chi connectivity index (χ1) is 13.6. The maximum atomic E-state index is 12.8. The van der Waals surface area contributed by atoms with E-state index < -0.39 is 10.0 Å². The molecule has 1 fully saturated rings. The molecule has 0 radical (unpaired) electrons. The summed E-state index contributed by atoms with van der Waals surface area (Å²) in [6, 6.07) is 10.4. The Bertz CT molecular complexity index is 922. The van der Waals surface area contributed by atoms with Crippen molar-refractivity contribution in [3.05, 3.63) is 47.8 Å². The number of nitrogens with one attached hydrogen (secondary N) is 1. The van der Waals surface area contributed by atoms with Crippen LogP contribution in [0.15, 0.2) is 41.4 Å². The molecule has 7 heteroatoms. The molecule has 0 unspecified atom stereocenters. The molecule has 1 aromatic heterocycles. The molecule has 6 nitrogen and oxygen atoms in total. The van der Waals surface area contributed by atoms with Crippen molar-refractivity contribution in [1.29, 1.82) is 0 Å². The SMILES string of the molecule is CCn1cc(S(=O)(=O)NCC[C@]2(Cc3ccccc3)CCOC(C)(C)C2)c(C)n1. The van der Waals surface area contributed by atoms with Crippen LogP contribution in [0.4, 0.5) is 0 Å². The van der Waals surface area contributed by atoms with Crippen LogP contribution in [0, 0.1) is 12.3 Å². The van der Waals surface area contributed by atoms with Gasteiger partial charge in [0.1, 0.15) is 4.90 Å². The Morgan fingerprint density at radius 2 is 1.97 bits per heavy atom. The van der Waals surface area contributed by atoms with Crippen LogP contribution < -0.4 is 4.72 Å². The van der Waals surface area contributed by atoms with Gasteiger partial charge in [-0.3, -0.25) is 4.68 Å². The van der Waals surface area contributed by atoms with E-state index >= 15 is 0 Å². The predicted octanol–water partition coefficient (Wildman–Crippen LogP) is 3.70. The van der Waals surface area contributed by atoms with Gasteiger partial charge in [0.25, 0.3) is 0 Å². The van der Waals surface area contributed by atoms with E-state index in [1.807, 2.05) is 13.0 Å². The number of rotatable bonds is 8. The van der Waals surface area contributed by atoms with Crippen LogP contribution in [0.1, 0.15) is 51.3 Å². The fraction of sp³-hybridized carbons (Fsp3) is 0.591. The quantitative estimate of drug-likeness (QED) is 0.708. The lowest BCUT2D eigenvalue weighted by atomic mass is 9.68. The molecule has 2 heterocycles. The standard InChI is InChI=1S/C22H33N3O3S/c1-5-25-16-20(18(2)24-25)29(26,27)23-13-11-22(12-14-28-21(3,4)17-22)15-19-9-7-6-8-10-19/h6-10,16,23H,5,11-15,17H2,1-4H3/t22-/m1/s1. The molecule has 2 aromatic rings. The van der Waals surface area contributed by atoms with Crippen LogP contribution in [-0.2, 0) is 27.7 Å². The number of ether oxygens (including phenoxy) is 1. The number of aromatic nitrogens is 2. The summed E-state index contributed by atoms with van der Waals surface area (Å²) in [5, 5.41) is 4.26. The second-order valence-electron chi connectivity index (χ2n) is 8.78. The van der Waals surface area contributed by atoms with E-state index in [1.165, 1.54) is 5.56 Å². The zero-order chi connectivity index (χ0) is 21.1. The van der Waals surface area contributed by atoms with Crippen molar-refractivity contribution < 1.29 is 13.2 Å². The molecule has 29 heavy (non-hydrogen) atoms.